The van der Waals surface area contributed by atoms with E-state index in [2.05, 4.69) is 88.4 Å². The molecule has 0 amide bonds. The van der Waals surface area contributed by atoms with Gasteiger partial charge in [0.25, 0.3) is 0 Å². The standard InChI is InChI=1S/C27H23N2.C13H24O2.Ir/c1-17-8-7-11-22-21-12-13-28-26(23(21)16-29-25(17)22)19-14-18-9-5-6-10-20(18)24(15-19)27(2,3)4;1-7-12(3,4)10(14)9-11(15)13(5,6)8-2;/h5-13,15-16H,1-4H3;9,14H,7-8H2,1-6H3;/q-1;;/b;10-9-;. The van der Waals surface area contributed by atoms with E-state index in [4.69, 9.17) is 9.97 Å². The maximum absolute atomic E-state index is 11.8. The molecule has 45 heavy (non-hydrogen) atoms. The maximum Gasteiger partial charge on any atom is 0.164 e. The number of carbonyl (C=O) groups excluding carboxylic acids is 1. The van der Waals surface area contributed by atoms with Gasteiger partial charge in [0.1, 0.15) is 5.76 Å². The SMILES string of the molecule is CCC(C)(C)C(=O)/C=C(\O)C(C)(C)CC.Cc1cccc2c1ncc1c(-c3[c-]c4ccccc4c(C(C)(C)C)c3)nccc12.[Ir]. The third-order valence-corrected chi connectivity index (χ3v) is 9.08. The number of fused-ring (bicyclic) bond motifs is 4. The smallest absolute Gasteiger partial charge is 0.164 e. The van der Waals surface area contributed by atoms with Crippen molar-refractivity contribution in [3.8, 4) is 11.3 Å². The molecule has 5 heteroatoms. The molecule has 0 spiro atoms. The average molecular weight is 780 g/mol. The number of para-hydroxylation sites is 1. The number of allylic oxidation sites excluding steroid dienone is 2. The topological polar surface area (TPSA) is 63.1 Å². The fourth-order valence-corrected chi connectivity index (χ4v) is 5.08. The van der Waals surface area contributed by atoms with Gasteiger partial charge in [0.15, 0.2) is 5.78 Å². The quantitative estimate of drug-likeness (QED) is 0.0807. The molecule has 0 atom stereocenters. The molecule has 2 aromatic heterocycles. The van der Waals surface area contributed by atoms with E-state index in [9.17, 15) is 9.90 Å². The summed E-state index contributed by atoms with van der Waals surface area (Å²) in [6.45, 7) is 20.5. The Hall–Kier alpha value is -3.40. The van der Waals surface area contributed by atoms with Crippen molar-refractivity contribution in [3.05, 3.63) is 96.0 Å². The predicted molar refractivity (Wildman–Crippen MR) is 186 cm³/mol. The largest absolute Gasteiger partial charge is 0.512 e. The third kappa shape index (κ3) is 7.71. The molecule has 0 aliphatic rings. The number of aryl methyl sites for hydroxylation is 1. The molecule has 239 valence electrons. The van der Waals surface area contributed by atoms with E-state index >= 15 is 0 Å². The second-order valence-corrected chi connectivity index (χ2v) is 14.1. The Morgan fingerprint density at radius 2 is 1.47 bits per heavy atom. The Morgan fingerprint density at radius 3 is 2.11 bits per heavy atom. The summed E-state index contributed by atoms with van der Waals surface area (Å²) in [7, 11) is 0. The van der Waals surface area contributed by atoms with Crippen molar-refractivity contribution in [2.45, 2.75) is 87.5 Å². The van der Waals surface area contributed by atoms with Crippen LogP contribution < -0.4 is 0 Å². The molecular weight excluding hydrogens is 733 g/mol. The van der Waals surface area contributed by atoms with Gasteiger partial charge in [-0.25, -0.2) is 0 Å². The van der Waals surface area contributed by atoms with Crippen LogP contribution in [0.1, 0.15) is 86.3 Å². The van der Waals surface area contributed by atoms with E-state index in [1.807, 2.05) is 53.9 Å². The Kier molecular flexibility index (Phi) is 11.2. The number of benzene rings is 3. The van der Waals surface area contributed by atoms with Gasteiger partial charge < -0.3 is 5.11 Å². The zero-order valence-corrected chi connectivity index (χ0v) is 30.8. The molecule has 0 aliphatic carbocycles. The number of hydrogen-bond acceptors (Lipinski definition) is 4. The molecule has 0 saturated carbocycles. The minimum absolute atomic E-state index is 0. The van der Waals surface area contributed by atoms with E-state index in [0.717, 1.165) is 40.4 Å². The summed E-state index contributed by atoms with van der Waals surface area (Å²) < 4.78 is 0. The summed E-state index contributed by atoms with van der Waals surface area (Å²) in [5.41, 5.74) is 4.85. The minimum Gasteiger partial charge on any atom is -0.512 e. The fraction of sp³-hybridized carbons (Fsp3) is 0.375. The van der Waals surface area contributed by atoms with E-state index in [1.54, 1.807) is 0 Å². The summed E-state index contributed by atoms with van der Waals surface area (Å²) in [6, 6.07) is 22.8. The van der Waals surface area contributed by atoms with Crippen molar-refractivity contribution in [2.75, 3.05) is 0 Å². The van der Waals surface area contributed by atoms with Crippen LogP contribution in [0.4, 0.5) is 0 Å². The van der Waals surface area contributed by atoms with Crippen molar-refractivity contribution < 1.29 is 30.0 Å². The van der Waals surface area contributed by atoms with Crippen LogP contribution >= 0.6 is 0 Å². The Balaban J connectivity index is 0.000000297. The molecule has 0 fully saturated rings. The van der Waals surface area contributed by atoms with Crippen molar-refractivity contribution in [2.24, 2.45) is 10.8 Å². The average Bonchev–Trinajstić information content (AvgIpc) is 3.00. The summed E-state index contributed by atoms with van der Waals surface area (Å²) >= 11 is 0. The first kappa shape index (κ1) is 36.1. The number of ketones is 1. The first-order valence-electron chi connectivity index (χ1n) is 15.6. The molecule has 0 aliphatic heterocycles. The first-order chi connectivity index (χ1) is 20.6. The number of rotatable bonds is 6. The second-order valence-electron chi connectivity index (χ2n) is 14.1. The Labute approximate surface area is 282 Å². The maximum atomic E-state index is 11.8. The summed E-state index contributed by atoms with van der Waals surface area (Å²) in [5.74, 6) is 0.195. The molecule has 3 aromatic carbocycles. The third-order valence-electron chi connectivity index (χ3n) is 9.08. The zero-order chi connectivity index (χ0) is 32.4. The molecular formula is C40H47IrN2O2-. The zero-order valence-electron chi connectivity index (χ0n) is 28.4. The summed E-state index contributed by atoms with van der Waals surface area (Å²) in [6.07, 6.45) is 6.86. The van der Waals surface area contributed by atoms with Gasteiger partial charge >= 0.3 is 0 Å². The molecule has 0 unspecified atom stereocenters. The summed E-state index contributed by atoms with van der Waals surface area (Å²) in [5, 5.41) is 15.6. The molecule has 5 aromatic rings. The number of aliphatic hydroxyl groups is 1. The van der Waals surface area contributed by atoms with Gasteiger partial charge in [-0.15, -0.1) is 29.1 Å². The summed E-state index contributed by atoms with van der Waals surface area (Å²) in [4.78, 5) is 21.4. The number of nitrogens with zero attached hydrogens (tertiary/aromatic N) is 2. The second kappa shape index (κ2) is 13.9. The first-order valence-corrected chi connectivity index (χ1v) is 15.6. The van der Waals surface area contributed by atoms with E-state index < -0.39 is 0 Å². The van der Waals surface area contributed by atoms with E-state index in [-0.39, 0.29) is 47.9 Å². The van der Waals surface area contributed by atoms with Crippen molar-refractivity contribution >= 4 is 38.2 Å². The molecule has 1 N–H and O–H groups in total. The van der Waals surface area contributed by atoms with Crippen LogP contribution in [0.2, 0.25) is 0 Å². The van der Waals surface area contributed by atoms with E-state index in [0.29, 0.717) is 0 Å². The van der Waals surface area contributed by atoms with Crippen LogP contribution in [0.3, 0.4) is 0 Å². The van der Waals surface area contributed by atoms with Crippen LogP contribution in [0.15, 0.2) is 78.8 Å². The monoisotopic (exact) mass is 780 g/mol. The molecule has 4 nitrogen and oxygen atoms in total. The number of aliphatic hydroxyl groups excluding tert-OH is 1. The van der Waals surface area contributed by atoms with Gasteiger partial charge in [-0.1, -0.05) is 110 Å². The fourth-order valence-electron chi connectivity index (χ4n) is 5.08. The number of carbonyl (C=O) groups is 1. The minimum atomic E-state index is -0.377. The Morgan fingerprint density at radius 1 is 0.822 bits per heavy atom. The normalized spacial score (nSPS) is 12.5. The Bertz CT molecular complexity index is 1860. The van der Waals surface area contributed by atoms with Crippen molar-refractivity contribution in [3.63, 3.8) is 0 Å². The molecule has 5 rings (SSSR count). The van der Waals surface area contributed by atoms with Crippen molar-refractivity contribution in [1.29, 1.82) is 0 Å². The van der Waals surface area contributed by atoms with Crippen LogP contribution in [0, 0.1) is 23.8 Å². The molecule has 2 heterocycles. The van der Waals surface area contributed by atoms with Crippen molar-refractivity contribution in [1.82, 2.24) is 9.97 Å². The van der Waals surface area contributed by atoms with Gasteiger partial charge in [0, 0.05) is 60.5 Å². The molecule has 1 radical (unpaired) electrons. The number of pyridine rings is 2. The van der Waals surface area contributed by atoms with Crippen LogP contribution in [-0.2, 0) is 30.3 Å². The van der Waals surface area contributed by atoms with E-state index in [1.165, 1.54) is 33.4 Å². The molecule has 0 saturated heterocycles. The van der Waals surface area contributed by atoms with Gasteiger partial charge in [0.05, 0.1) is 5.52 Å². The van der Waals surface area contributed by atoms with Gasteiger partial charge in [0.2, 0.25) is 0 Å². The number of hydrogen-bond donors (Lipinski definition) is 1. The van der Waals surface area contributed by atoms with Gasteiger partial charge in [-0.3, -0.25) is 14.8 Å². The predicted octanol–water partition coefficient (Wildman–Crippen LogP) is 10.9. The number of aromatic nitrogens is 2. The van der Waals surface area contributed by atoms with Gasteiger partial charge in [-0.05, 0) is 47.6 Å². The van der Waals surface area contributed by atoms with Crippen LogP contribution in [0.5, 0.6) is 0 Å². The van der Waals surface area contributed by atoms with Crippen LogP contribution in [0.25, 0.3) is 43.7 Å². The molecule has 0 bridgehead atoms. The van der Waals surface area contributed by atoms with Gasteiger partial charge in [-0.2, -0.15) is 0 Å². The van der Waals surface area contributed by atoms with Crippen LogP contribution in [-0.4, -0.2) is 20.9 Å².